The van der Waals surface area contributed by atoms with Gasteiger partial charge < -0.3 is 10.5 Å². The molecule has 1 unspecified atom stereocenters. The molecular weight excluding hydrogens is 172 g/mol. The second-order valence-corrected chi connectivity index (χ2v) is 2.97. The normalized spacial score (nSPS) is 22.0. The number of amides is 1. The summed E-state index contributed by atoms with van der Waals surface area (Å²) in [6, 6.07) is 0. The fraction of sp³-hybridized carbons (Fsp3) is 0.571. The molecule has 0 aromatic carbocycles. The molecule has 6 heteroatoms. The minimum atomic E-state index is -0.610. The van der Waals surface area contributed by atoms with Crippen molar-refractivity contribution in [2.75, 3.05) is 13.2 Å². The van der Waals surface area contributed by atoms with Crippen molar-refractivity contribution >= 4 is 5.91 Å². The molecule has 0 saturated carbocycles. The van der Waals surface area contributed by atoms with Gasteiger partial charge in [-0.1, -0.05) is 0 Å². The number of aromatic amines is 1. The van der Waals surface area contributed by atoms with Gasteiger partial charge in [0.1, 0.15) is 5.82 Å². The number of nitrogens with one attached hydrogen (secondary N) is 1. The van der Waals surface area contributed by atoms with E-state index < -0.39 is 5.91 Å². The molecule has 2 heterocycles. The number of nitrogens with two attached hydrogens (primary N) is 1. The zero-order valence-electron chi connectivity index (χ0n) is 6.99. The van der Waals surface area contributed by atoms with Crippen molar-refractivity contribution in [3.8, 4) is 0 Å². The van der Waals surface area contributed by atoms with E-state index in [0.717, 1.165) is 13.0 Å². The quantitative estimate of drug-likeness (QED) is 0.639. The first kappa shape index (κ1) is 8.18. The van der Waals surface area contributed by atoms with Gasteiger partial charge in [-0.05, 0) is 6.42 Å². The van der Waals surface area contributed by atoms with Gasteiger partial charge in [-0.25, -0.2) is 4.98 Å². The van der Waals surface area contributed by atoms with Gasteiger partial charge in [-0.15, -0.1) is 5.10 Å². The van der Waals surface area contributed by atoms with Crippen molar-refractivity contribution < 1.29 is 9.53 Å². The van der Waals surface area contributed by atoms with Crippen molar-refractivity contribution in [3.63, 3.8) is 0 Å². The Labute approximate surface area is 74.5 Å². The van der Waals surface area contributed by atoms with Gasteiger partial charge >= 0.3 is 0 Å². The largest absolute Gasteiger partial charge is 0.381 e. The van der Waals surface area contributed by atoms with Gasteiger partial charge in [0, 0.05) is 12.5 Å². The van der Waals surface area contributed by atoms with E-state index in [2.05, 4.69) is 15.2 Å². The highest BCUT2D eigenvalue weighted by Gasteiger charge is 2.22. The van der Waals surface area contributed by atoms with Crippen molar-refractivity contribution in [3.05, 3.63) is 11.6 Å². The number of aromatic nitrogens is 3. The van der Waals surface area contributed by atoms with Crippen molar-refractivity contribution in [1.82, 2.24) is 15.2 Å². The minimum absolute atomic E-state index is 0.0434. The van der Waals surface area contributed by atoms with Crippen LogP contribution in [0, 0.1) is 0 Å². The first-order chi connectivity index (χ1) is 6.27. The van der Waals surface area contributed by atoms with Crippen LogP contribution in [0.3, 0.4) is 0 Å². The molecule has 1 aliphatic rings. The third-order valence-electron chi connectivity index (χ3n) is 2.04. The summed E-state index contributed by atoms with van der Waals surface area (Å²) in [5, 5.41) is 6.38. The lowest BCUT2D eigenvalue weighted by Crippen LogP contribution is -2.13. The van der Waals surface area contributed by atoms with Gasteiger partial charge in [-0.3, -0.25) is 9.89 Å². The molecule has 0 aliphatic carbocycles. The monoisotopic (exact) mass is 182 g/mol. The van der Waals surface area contributed by atoms with Crippen LogP contribution in [0.15, 0.2) is 0 Å². The SMILES string of the molecule is NC(=O)c1n[nH]c(C2CCOC2)n1. The lowest BCUT2D eigenvalue weighted by atomic mass is 10.1. The van der Waals surface area contributed by atoms with E-state index in [1.807, 2.05) is 0 Å². The summed E-state index contributed by atoms with van der Waals surface area (Å²) in [7, 11) is 0. The molecule has 1 atom stereocenters. The molecule has 0 bridgehead atoms. The zero-order valence-corrected chi connectivity index (χ0v) is 6.99. The Morgan fingerprint density at radius 1 is 1.69 bits per heavy atom. The zero-order chi connectivity index (χ0) is 9.26. The number of carbonyl (C=O) groups is 1. The third-order valence-corrected chi connectivity index (χ3v) is 2.04. The van der Waals surface area contributed by atoms with Gasteiger partial charge in [0.2, 0.25) is 5.82 Å². The summed E-state index contributed by atoms with van der Waals surface area (Å²) in [5.74, 6) is 0.343. The number of hydrogen-bond donors (Lipinski definition) is 2. The van der Waals surface area contributed by atoms with E-state index in [-0.39, 0.29) is 11.7 Å². The molecule has 1 aromatic heterocycles. The topological polar surface area (TPSA) is 93.9 Å². The number of rotatable bonds is 2. The maximum absolute atomic E-state index is 10.7. The fourth-order valence-electron chi connectivity index (χ4n) is 1.32. The van der Waals surface area contributed by atoms with Gasteiger partial charge in [0.15, 0.2) is 0 Å². The average molecular weight is 182 g/mol. The number of nitrogens with zero attached hydrogens (tertiary/aromatic N) is 2. The van der Waals surface area contributed by atoms with E-state index in [1.165, 1.54) is 0 Å². The van der Waals surface area contributed by atoms with Crippen molar-refractivity contribution in [2.24, 2.45) is 5.73 Å². The average Bonchev–Trinajstić information content (AvgIpc) is 2.75. The van der Waals surface area contributed by atoms with E-state index >= 15 is 0 Å². The van der Waals surface area contributed by atoms with Crippen LogP contribution in [0.25, 0.3) is 0 Å². The molecule has 6 nitrogen and oxygen atoms in total. The van der Waals surface area contributed by atoms with E-state index in [9.17, 15) is 4.79 Å². The van der Waals surface area contributed by atoms with Gasteiger partial charge in [-0.2, -0.15) is 0 Å². The lowest BCUT2D eigenvalue weighted by molar-refractivity contribution is 0.0990. The Morgan fingerprint density at radius 2 is 2.54 bits per heavy atom. The van der Waals surface area contributed by atoms with Crippen LogP contribution in [0.2, 0.25) is 0 Å². The van der Waals surface area contributed by atoms with Crippen LogP contribution in [-0.2, 0) is 4.74 Å². The molecule has 13 heavy (non-hydrogen) atoms. The second kappa shape index (κ2) is 3.14. The molecule has 70 valence electrons. The second-order valence-electron chi connectivity index (χ2n) is 2.97. The van der Waals surface area contributed by atoms with E-state index in [4.69, 9.17) is 10.5 Å². The van der Waals surface area contributed by atoms with Crippen LogP contribution in [0.5, 0.6) is 0 Å². The first-order valence-corrected chi connectivity index (χ1v) is 4.07. The van der Waals surface area contributed by atoms with Gasteiger partial charge in [0.05, 0.1) is 6.61 Å². The number of carbonyl (C=O) groups excluding carboxylic acids is 1. The predicted octanol–water partition coefficient (Wildman–Crippen LogP) is -0.593. The summed E-state index contributed by atoms with van der Waals surface area (Å²) in [5.41, 5.74) is 5.01. The standard InChI is InChI=1S/C7H10N4O2/c8-5(12)7-9-6(10-11-7)4-1-2-13-3-4/h4H,1-3H2,(H2,8,12)(H,9,10,11). The smallest absolute Gasteiger partial charge is 0.288 e. The first-order valence-electron chi connectivity index (χ1n) is 4.07. The molecule has 0 radical (unpaired) electrons. The molecule has 0 spiro atoms. The Bertz CT molecular complexity index is 316. The number of H-pyrrole nitrogens is 1. The van der Waals surface area contributed by atoms with Gasteiger partial charge in [0.25, 0.3) is 5.91 Å². The van der Waals surface area contributed by atoms with E-state index in [0.29, 0.717) is 12.4 Å². The summed E-state index contributed by atoms with van der Waals surface area (Å²) in [6.45, 7) is 1.37. The van der Waals surface area contributed by atoms with Crippen LogP contribution in [0.4, 0.5) is 0 Å². The van der Waals surface area contributed by atoms with Crippen molar-refractivity contribution in [2.45, 2.75) is 12.3 Å². The lowest BCUT2D eigenvalue weighted by Gasteiger charge is -1.99. The van der Waals surface area contributed by atoms with Crippen LogP contribution in [-0.4, -0.2) is 34.3 Å². The minimum Gasteiger partial charge on any atom is -0.381 e. The maximum Gasteiger partial charge on any atom is 0.288 e. The molecule has 2 rings (SSSR count). The Hall–Kier alpha value is -1.43. The number of hydrogen-bond acceptors (Lipinski definition) is 4. The summed E-state index contributed by atoms with van der Waals surface area (Å²) in [4.78, 5) is 14.6. The predicted molar refractivity (Wildman–Crippen MR) is 43.1 cm³/mol. The van der Waals surface area contributed by atoms with Crippen LogP contribution < -0.4 is 5.73 Å². The number of ether oxygens (including phenoxy) is 1. The molecule has 1 saturated heterocycles. The molecule has 1 amide bonds. The Morgan fingerprint density at radius 3 is 3.08 bits per heavy atom. The summed E-state index contributed by atoms with van der Waals surface area (Å²) >= 11 is 0. The maximum atomic E-state index is 10.7. The van der Waals surface area contributed by atoms with Crippen LogP contribution in [0.1, 0.15) is 28.8 Å². The molecular formula is C7H10N4O2. The summed E-state index contributed by atoms with van der Waals surface area (Å²) in [6.07, 6.45) is 0.910. The fourth-order valence-corrected chi connectivity index (χ4v) is 1.32. The van der Waals surface area contributed by atoms with E-state index in [1.54, 1.807) is 0 Å². The summed E-state index contributed by atoms with van der Waals surface area (Å²) < 4.78 is 5.18. The third kappa shape index (κ3) is 1.52. The van der Waals surface area contributed by atoms with Crippen LogP contribution >= 0.6 is 0 Å². The highest BCUT2D eigenvalue weighted by Crippen LogP contribution is 2.21. The molecule has 3 N–H and O–H groups in total. The highest BCUT2D eigenvalue weighted by molar-refractivity contribution is 5.88. The Kier molecular flexibility index (Phi) is 1.97. The van der Waals surface area contributed by atoms with Crippen molar-refractivity contribution in [1.29, 1.82) is 0 Å². The molecule has 1 fully saturated rings. The Balaban J connectivity index is 2.16. The highest BCUT2D eigenvalue weighted by atomic mass is 16.5. The molecule has 1 aromatic rings. The molecule has 1 aliphatic heterocycles. The number of primary amides is 1.